The second-order valence-corrected chi connectivity index (χ2v) is 7.83. The summed E-state index contributed by atoms with van der Waals surface area (Å²) in [5.41, 5.74) is -0.439. The SMILES string of the molecule is CC(C)NC(CN1CCCC(C)(C)C1)(C(=O)O)C1CC1. The van der Waals surface area contributed by atoms with Crippen molar-refractivity contribution in [1.29, 1.82) is 0 Å². The van der Waals surface area contributed by atoms with Crippen molar-refractivity contribution >= 4 is 5.97 Å². The van der Waals surface area contributed by atoms with E-state index in [0.717, 1.165) is 25.9 Å². The van der Waals surface area contributed by atoms with Crippen LogP contribution in [-0.4, -0.2) is 47.2 Å². The van der Waals surface area contributed by atoms with Gasteiger partial charge in [0.15, 0.2) is 0 Å². The fourth-order valence-corrected chi connectivity index (χ4v) is 3.72. The average Bonchev–Trinajstić information content (AvgIpc) is 3.09. The molecule has 2 rings (SSSR count). The quantitative estimate of drug-likeness (QED) is 0.785. The fourth-order valence-electron chi connectivity index (χ4n) is 3.72. The maximum absolute atomic E-state index is 12.0. The van der Waals surface area contributed by atoms with E-state index in [1.165, 1.54) is 12.8 Å². The number of aliphatic carboxylic acids is 1. The molecule has 4 nitrogen and oxygen atoms in total. The molecule has 116 valence electrons. The third-order valence-corrected chi connectivity index (χ3v) is 4.65. The number of piperidine rings is 1. The molecule has 1 heterocycles. The predicted octanol–water partition coefficient (Wildman–Crippen LogP) is 2.34. The molecule has 4 heteroatoms. The van der Waals surface area contributed by atoms with Crippen LogP contribution in [0.15, 0.2) is 0 Å². The molecule has 0 aromatic carbocycles. The molecular weight excluding hydrogens is 252 g/mol. The van der Waals surface area contributed by atoms with E-state index in [2.05, 4.69) is 24.1 Å². The number of rotatable bonds is 6. The van der Waals surface area contributed by atoms with Gasteiger partial charge in [-0.1, -0.05) is 13.8 Å². The van der Waals surface area contributed by atoms with Crippen LogP contribution < -0.4 is 5.32 Å². The van der Waals surface area contributed by atoms with Gasteiger partial charge in [-0.15, -0.1) is 0 Å². The van der Waals surface area contributed by atoms with Crippen LogP contribution in [0.1, 0.15) is 53.4 Å². The zero-order valence-electron chi connectivity index (χ0n) is 13.4. The van der Waals surface area contributed by atoms with Crippen LogP contribution in [0.2, 0.25) is 0 Å². The summed E-state index contributed by atoms with van der Waals surface area (Å²) >= 11 is 0. The zero-order valence-corrected chi connectivity index (χ0v) is 13.4. The largest absolute Gasteiger partial charge is 0.480 e. The molecule has 1 saturated heterocycles. The van der Waals surface area contributed by atoms with Gasteiger partial charge in [-0.25, -0.2) is 0 Å². The lowest BCUT2D eigenvalue weighted by Gasteiger charge is -2.43. The Morgan fingerprint density at radius 2 is 2.10 bits per heavy atom. The minimum atomic E-state index is -0.748. The van der Waals surface area contributed by atoms with Crippen molar-refractivity contribution in [3.63, 3.8) is 0 Å². The third-order valence-electron chi connectivity index (χ3n) is 4.65. The number of likely N-dealkylation sites (tertiary alicyclic amines) is 1. The molecule has 1 aliphatic heterocycles. The monoisotopic (exact) mass is 282 g/mol. The Balaban J connectivity index is 2.12. The highest BCUT2D eigenvalue weighted by Gasteiger charge is 2.52. The molecule has 1 saturated carbocycles. The summed E-state index contributed by atoms with van der Waals surface area (Å²) in [5, 5.41) is 13.2. The molecule has 2 fully saturated rings. The summed E-state index contributed by atoms with van der Waals surface area (Å²) in [6.45, 7) is 11.3. The van der Waals surface area contributed by atoms with Crippen molar-refractivity contribution in [2.75, 3.05) is 19.6 Å². The smallest absolute Gasteiger partial charge is 0.325 e. The minimum absolute atomic E-state index is 0.199. The molecule has 2 aliphatic rings. The fraction of sp³-hybridized carbons (Fsp3) is 0.938. The first-order chi connectivity index (χ1) is 9.25. The highest BCUT2D eigenvalue weighted by molar-refractivity contribution is 5.80. The lowest BCUT2D eigenvalue weighted by Crippen LogP contribution is -2.63. The molecule has 0 aromatic heterocycles. The van der Waals surface area contributed by atoms with Crippen LogP contribution in [0.4, 0.5) is 0 Å². The molecule has 0 aromatic rings. The van der Waals surface area contributed by atoms with Crippen LogP contribution in [-0.2, 0) is 4.79 Å². The number of carboxylic acid groups (broad SMARTS) is 1. The topological polar surface area (TPSA) is 52.6 Å². The van der Waals surface area contributed by atoms with Gasteiger partial charge in [-0.2, -0.15) is 0 Å². The van der Waals surface area contributed by atoms with Crippen molar-refractivity contribution in [3.8, 4) is 0 Å². The highest BCUT2D eigenvalue weighted by Crippen LogP contribution is 2.41. The number of hydrogen-bond acceptors (Lipinski definition) is 3. The predicted molar refractivity (Wildman–Crippen MR) is 80.8 cm³/mol. The van der Waals surface area contributed by atoms with Gasteiger partial charge in [0.2, 0.25) is 0 Å². The van der Waals surface area contributed by atoms with Gasteiger partial charge in [-0.3, -0.25) is 10.1 Å². The Morgan fingerprint density at radius 1 is 1.45 bits per heavy atom. The van der Waals surface area contributed by atoms with Crippen LogP contribution in [0, 0.1) is 11.3 Å². The van der Waals surface area contributed by atoms with Crippen LogP contribution in [0.25, 0.3) is 0 Å². The Morgan fingerprint density at radius 3 is 2.55 bits per heavy atom. The van der Waals surface area contributed by atoms with Crippen LogP contribution >= 0.6 is 0 Å². The Labute approximate surface area is 122 Å². The Kier molecular flexibility index (Phi) is 4.45. The van der Waals surface area contributed by atoms with Crippen molar-refractivity contribution < 1.29 is 9.90 Å². The summed E-state index contributed by atoms with van der Waals surface area (Å²) in [6, 6.07) is 0.199. The van der Waals surface area contributed by atoms with Crippen LogP contribution in [0.5, 0.6) is 0 Å². The van der Waals surface area contributed by atoms with Crippen LogP contribution in [0.3, 0.4) is 0 Å². The van der Waals surface area contributed by atoms with Crippen molar-refractivity contribution in [3.05, 3.63) is 0 Å². The molecular formula is C16H30N2O2. The van der Waals surface area contributed by atoms with E-state index in [0.29, 0.717) is 17.9 Å². The standard InChI is InChI=1S/C16H30N2O2/c1-12(2)17-16(14(19)20,13-6-7-13)11-18-9-5-8-15(3,4)10-18/h12-13,17H,5-11H2,1-4H3,(H,19,20). The summed E-state index contributed by atoms with van der Waals surface area (Å²) < 4.78 is 0. The first-order valence-electron chi connectivity index (χ1n) is 7.99. The molecule has 20 heavy (non-hydrogen) atoms. The van der Waals surface area contributed by atoms with E-state index in [9.17, 15) is 9.90 Å². The summed E-state index contributed by atoms with van der Waals surface area (Å²) in [5.74, 6) is -0.371. The molecule has 2 N–H and O–H groups in total. The van der Waals surface area contributed by atoms with Gasteiger partial charge in [-0.05, 0) is 57.4 Å². The van der Waals surface area contributed by atoms with E-state index in [-0.39, 0.29) is 6.04 Å². The van der Waals surface area contributed by atoms with E-state index >= 15 is 0 Å². The zero-order chi connectivity index (χ0) is 15.0. The van der Waals surface area contributed by atoms with E-state index < -0.39 is 11.5 Å². The highest BCUT2D eigenvalue weighted by atomic mass is 16.4. The first-order valence-corrected chi connectivity index (χ1v) is 7.99. The molecule has 0 amide bonds. The molecule has 0 spiro atoms. The number of hydrogen-bond donors (Lipinski definition) is 2. The maximum atomic E-state index is 12.0. The van der Waals surface area contributed by atoms with Gasteiger partial charge < -0.3 is 10.0 Å². The Bertz CT molecular complexity index is 363. The third kappa shape index (κ3) is 3.53. The summed E-state index contributed by atoms with van der Waals surface area (Å²) in [7, 11) is 0. The second-order valence-electron chi connectivity index (χ2n) is 7.83. The summed E-state index contributed by atoms with van der Waals surface area (Å²) in [6.07, 6.45) is 4.51. The second kappa shape index (κ2) is 5.64. The van der Waals surface area contributed by atoms with E-state index in [4.69, 9.17) is 0 Å². The molecule has 1 atom stereocenters. The van der Waals surface area contributed by atoms with Crippen molar-refractivity contribution in [2.24, 2.45) is 11.3 Å². The van der Waals surface area contributed by atoms with E-state index in [1.807, 2.05) is 13.8 Å². The van der Waals surface area contributed by atoms with Gasteiger partial charge >= 0.3 is 5.97 Å². The van der Waals surface area contributed by atoms with Gasteiger partial charge in [0.1, 0.15) is 5.54 Å². The van der Waals surface area contributed by atoms with E-state index in [1.54, 1.807) is 0 Å². The minimum Gasteiger partial charge on any atom is -0.480 e. The summed E-state index contributed by atoms with van der Waals surface area (Å²) in [4.78, 5) is 14.4. The van der Waals surface area contributed by atoms with Crippen molar-refractivity contribution in [1.82, 2.24) is 10.2 Å². The maximum Gasteiger partial charge on any atom is 0.325 e. The average molecular weight is 282 g/mol. The molecule has 0 bridgehead atoms. The van der Waals surface area contributed by atoms with Crippen molar-refractivity contribution in [2.45, 2.75) is 65.0 Å². The molecule has 1 unspecified atom stereocenters. The number of carboxylic acids is 1. The number of nitrogens with zero attached hydrogens (tertiary/aromatic N) is 1. The number of carbonyl (C=O) groups is 1. The lowest BCUT2D eigenvalue weighted by molar-refractivity contribution is -0.148. The number of nitrogens with one attached hydrogen (secondary N) is 1. The van der Waals surface area contributed by atoms with Gasteiger partial charge in [0.05, 0.1) is 0 Å². The van der Waals surface area contributed by atoms with Gasteiger partial charge in [0, 0.05) is 19.1 Å². The lowest BCUT2D eigenvalue weighted by atomic mass is 9.82. The Hall–Kier alpha value is -0.610. The molecule has 1 aliphatic carbocycles. The first kappa shape index (κ1) is 15.8. The molecule has 0 radical (unpaired) electrons. The normalized spacial score (nSPS) is 26.4. The van der Waals surface area contributed by atoms with Gasteiger partial charge in [0.25, 0.3) is 0 Å².